The van der Waals surface area contributed by atoms with Crippen LogP contribution in [0.4, 0.5) is 0 Å². The van der Waals surface area contributed by atoms with Crippen LogP contribution >= 0.6 is 0 Å². The zero-order valence-corrected chi connectivity index (χ0v) is 13.0. The number of aryl methyl sites for hydroxylation is 1. The van der Waals surface area contributed by atoms with Crippen molar-refractivity contribution in [1.82, 2.24) is 15.3 Å². The molecule has 0 aliphatic heterocycles. The number of carbonyl (C=O) groups is 1. The standard InChI is InChI=1S/C18H19N3O2/c1-12-20-16-6-5-13(8-17(16)21-12)9-18(23)19-10-14-3-2-4-15(7-14)11-22/h2-8,22H,9-11H2,1H3,(H,19,23)(H,20,21). The highest BCUT2D eigenvalue weighted by Gasteiger charge is 2.06. The highest BCUT2D eigenvalue weighted by Crippen LogP contribution is 2.14. The van der Waals surface area contributed by atoms with E-state index in [2.05, 4.69) is 15.3 Å². The van der Waals surface area contributed by atoms with E-state index in [0.717, 1.165) is 33.5 Å². The first-order chi connectivity index (χ1) is 11.1. The van der Waals surface area contributed by atoms with Crippen LogP contribution in [-0.2, 0) is 24.4 Å². The molecule has 23 heavy (non-hydrogen) atoms. The summed E-state index contributed by atoms with van der Waals surface area (Å²) in [6.45, 7) is 2.37. The van der Waals surface area contributed by atoms with Gasteiger partial charge < -0.3 is 15.4 Å². The van der Waals surface area contributed by atoms with Gasteiger partial charge in [-0.05, 0) is 35.7 Å². The fraction of sp³-hybridized carbons (Fsp3) is 0.222. The van der Waals surface area contributed by atoms with Crippen molar-refractivity contribution in [2.75, 3.05) is 0 Å². The lowest BCUT2D eigenvalue weighted by Crippen LogP contribution is -2.24. The molecular formula is C18H19N3O2. The van der Waals surface area contributed by atoms with Gasteiger partial charge in [0.05, 0.1) is 24.1 Å². The number of fused-ring (bicyclic) bond motifs is 1. The van der Waals surface area contributed by atoms with Crippen LogP contribution in [0.2, 0.25) is 0 Å². The number of aliphatic hydroxyl groups is 1. The average Bonchev–Trinajstić information content (AvgIpc) is 2.92. The molecule has 2 aromatic carbocycles. The van der Waals surface area contributed by atoms with E-state index >= 15 is 0 Å². The largest absolute Gasteiger partial charge is 0.392 e. The highest BCUT2D eigenvalue weighted by molar-refractivity contribution is 5.81. The number of benzene rings is 2. The minimum absolute atomic E-state index is 0.00536. The van der Waals surface area contributed by atoms with Crippen molar-refractivity contribution in [2.45, 2.75) is 26.5 Å². The molecule has 1 aromatic heterocycles. The van der Waals surface area contributed by atoms with Crippen LogP contribution in [0.15, 0.2) is 42.5 Å². The van der Waals surface area contributed by atoms with Crippen molar-refractivity contribution in [3.8, 4) is 0 Å². The van der Waals surface area contributed by atoms with E-state index in [1.165, 1.54) is 0 Å². The second-order valence-electron chi connectivity index (χ2n) is 5.61. The molecule has 118 valence electrons. The van der Waals surface area contributed by atoms with Gasteiger partial charge in [-0.15, -0.1) is 0 Å². The molecule has 3 rings (SSSR count). The number of amides is 1. The van der Waals surface area contributed by atoms with Crippen LogP contribution in [0.25, 0.3) is 11.0 Å². The second-order valence-corrected chi connectivity index (χ2v) is 5.61. The average molecular weight is 309 g/mol. The van der Waals surface area contributed by atoms with Gasteiger partial charge in [0.15, 0.2) is 0 Å². The number of aromatic amines is 1. The summed E-state index contributed by atoms with van der Waals surface area (Å²) in [5.74, 6) is 0.834. The number of aliphatic hydroxyl groups excluding tert-OH is 1. The van der Waals surface area contributed by atoms with Crippen molar-refractivity contribution >= 4 is 16.9 Å². The monoisotopic (exact) mass is 309 g/mol. The molecule has 3 N–H and O–H groups in total. The molecule has 1 heterocycles. The number of hydrogen-bond donors (Lipinski definition) is 3. The van der Waals surface area contributed by atoms with Crippen molar-refractivity contribution < 1.29 is 9.90 Å². The molecule has 0 fully saturated rings. The first-order valence-electron chi connectivity index (χ1n) is 7.54. The van der Waals surface area contributed by atoms with Crippen LogP contribution in [0, 0.1) is 6.92 Å². The van der Waals surface area contributed by atoms with E-state index in [0.29, 0.717) is 13.0 Å². The van der Waals surface area contributed by atoms with Gasteiger partial charge in [0.1, 0.15) is 5.82 Å². The van der Waals surface area contributed by atoms with E-state index in [9.17, 15) is 4.79 Å². The third kappa shape index (κ3) is 3.76. The van der Waals surface area contributed by atoms with E-state index < -0.39 is 0 Å². The fourth-order valence-electron chi connectivity index (χ4n) is 2.58. The zero-order chi connectivity index (χ0) is 16.2. The Bertz CT molecular complexity index is 839. The Hall–Kier alpha value is -2.66. The lowest BCUT2D eigenvalue weighted by atomic mass is 10.1. The maximum absolute atomic E-state index is 12.1. The molecule has 3 aromatic rings. The van der Waals surface area contributed by atoms with Gasteiger partial charge in [0.2, 0.25) is 5.91 Å². The number of nitrogens with one attached hydrogen (secondary N) is 2. The van der Waals surface area contributed by atoms with Crippen molar-refractivity contribution in [3.05, 3.63) is 65.0 Å². The van der Waals surface area contributed by atoms with Crippen molar-refractivity contribution in [2.24, 2.45) is 0 Å². The number of rotatable bonds is 5. The molecule has 0 atom stereocenters. The van der Waals surface area contributed by atoms with Crippen LogP contribution in [0.5, 0.6) is 0 Å². The summed E-state index contributed by atoms with van der Waals surface area (Å²) in [5, 5.41) is 12.0. The second kappa shape index (κ2) is 6.62. The van der Waals surface area contributed by atoms with Gasteiger partial charge in [-0.1, -0.05) is 30.3 Å². The molecule has 0 aliphatic rings. The summed E-state index contributed by atoms with van der Waals surface area (Å²) >= 11 is 0. The summed E-state index contributed by atoms with van der Waals surface area (Å²) in [6, 6.07) is 13.4. The van der Waals surface area contributed by atoms with Gasteiger partial charge in [0.25, 0.3) is 0 Å². The minimum atomic E-state index is -0.0324. The lowest BCUT2D eigenvalue weighted by molar-refractivity contribution is -0.120. The van der Waals surface area contributed by atoms with Gasteiger partial charge in [-0.3, -0.25) is 4.79 Å². The summed E-state index contributed by atoms with van der Waals surface area (Å²) in [5.41, 5.74) is 4.63. The first-order valence-corrected chi connectivity index (χ1v) is 7.54. The van der Waals surface area contributed by atoms with Crippen LogP contribution in [-0.4, -0.2) is 21.0 Å². The van der Waals surface area contributed by atoms with Crippen LogP contribution in [0.1, 0.15) is 22.5 Å². The Balaban J connectivity index is 1.61. The number of imidazole rings is 1. The molecular weight excluding hydrogens is 290 g/mol. The Morgan fingerprint density at radius 3 is 2.83 bits per heavy atom. The van der Waals surface area contributed by atoms with Gasteiger partial charge in [-0.2, -0.15) is 0 Å². The Kier molecular flexibility index (Phi) is 4.39. The van der Waals surface area contributed by atoms with Crippen LogP contribution < -0.4 is 5.32 Å². The third-order valence-electron chi connectivity index (χ3n) is 3.69. The summed E-state index contributed by atoms with van der Waals surface area (Å²) in [6.07, 6.45) is 0.327. The Labute approximate surface area is 134 Å². The molecule has 5 nitrogen and oxygen atoms in total. The smallest absolute Gasteiger partial charge is 0.224 e. The summed E-state index contributed by atoms with van der Waals surface area (Å²) in [7, 11) is 0. The molecule has 1 amide bonds. The molecule has 0 radical (unpaired) electrons. The molecule has 5 heteroatoms. The summed E-state index contributed by atoms with van der Waals surface area (Å²) in [4.78, 5) is 19.6. The Morgan fingerprint density at radius 1 is 1.17 bits per heavy atom. The van der Waals surface area contributed by atoms with Crippen molar-refractivity contribution in [1.29, 1.82) is 0 Å². The first kappa shape index (κ1) is 15.2. The molecule has 0 bridgehead atoms. The highest BCUT2D eigenvalue weighted by atomic mass is 16.3. The minimum Gasteiger partial charge on any atom is -0.392 e. The van der Waals surface area contributed by atoms with Crippen molar-refractivity contribution in [3.63, 3.8) is 0 Å². The predicted octanol–water partition coefficient (Wildman–Crippen LogP) is 2.22. The number of carbonyl (C=O) groups excluding carboxylic acids is 1. The fourth-order valence-corrected chi connectivity index (χ4v) is 2.58. The molecule has 0 saturated heterocycles. The topological polar surface area (TPSA) is 78.0 Å². The Morgan fingerprint density at radius 2 is 2.00 bits per heavy atom. The SMILES string of the molecule is Cc1nc2ccc(CC(=O)NCc3cccc(CO)c3)cc2[nH]1. The van der Waals surface area contributed by atoms with Gasteiger partial charge in [0, 0.05) is 6.54 Å². The maximum atomic E-state index is 12.1. The molecule has 0 unspecified atom stereocenters. The van der Waals surface area contributed by atoms with Gasteiger partial charge >= 0.3 is 0 Å². The molecule has 0 aliphatic carbocycles. The van der Waals surface area contributed by atoms with E-state index in [1.807, 2.05) is 49.4 Å². The van der Waals surface area contributed by atoms with E-state index in [1.54, 1.807) is 0 Å². The summed E-state index contributed by atoms with van der Waals surface area (Å²) < 4.78 is 0. The molecule has 0 saturated carbocycles. The lowest BCUT2D eigenvalue weighted by Gasteiger charge is -2.07. The third-order valence-corrected chi connectivity index (χ3v) is 3.69. The number of hydrogen-bond acceptors (Lipinski definition) is 3. The molecule has 0 spiro atoms. The zero-order valence-electron chi connectivity index (χ0n) is 13.0. The normalized spacial score (nSPS) is 10.9. The maximum Gasteiger partial charge on any atom is 0.224 e. The number of H-pyrrole nitrogens is 1. The van der Waals surface area contributed by atoms with E-state index in [-0.39, 0.29) is 12.5 Å². The van der Waals surface area contributed by atoms with Crippen LogP contribution in [0.3, 0.4) is 0 Å². The van der Waals surface area contributed by atoms with E-state index in [4.69, 9.17) is 5.11 Å². The predicted molar refractivity (Wildman–Crippen MR) is 88.7 cm³/mol. The number of nitrogens with zero attached hydrogens (tertiary/aromatic N) is 1. The van der Waals surface area contributed by atoms with Gasteiger partial charge in [-0.25, -0.2) is 4.98 Å². The quantitative estimate of drug-likeness (QED) is 0.676. The number of aromatic nitrogens is 2.